The van der Waals surface area contributed by atoms with Crippen molar-refractivity contribution >= 4 is 16.6 Å². The van der Waals surface area contributed by atoms with Crippen molar-refractivity contribution in [3.05, 3.63) is 58.1 Å². The molecule has 0 aliphatic carbocycles. The Kier molecular flexibility index (Phi) is 3.10. The van der Waals surface area contributed by atoms with Gasteiger partial charge in [0.1, 0.15) is 5.75 Å². The molecule has 5 heteroatoms. The van der Waals surface area contributed by atoms with Crippen LogP contribution in [-0.4, -0.2) is 17.0 Å². The number of nitrogens with one attached hydrogen (secondary N) is 1. The highest BCUT2D eigenvalue weighted by atomic mass is 16.6. The summed E-state index contributed by atoms with van der Waals surface area (Å²) in [6.07, 6.45) is 0. The van der Waals surface area contributed by atoms with E-state index in [0.717, 1.165) is 27.9 Å². The minimum absolute atomic E-state index is 0.0964. The largest absolute Gasteiger partial charge is 0.497 e. The molecule has 0 saturated carbocycles. The summed E-state index contributed by atoms with van der Waals surface area (Å²) in [4.78, 5) is 14.1. The highest BCUT2D eigenvalue weighted by Gasteiger charge is 2.17. The zero-order chi connectivity index (χ0) is 15.0. The van der Waals surface area contributed by atoms with Gasteiger partial charge in [-0.25, -0.2) is 0 Å². The zero-order valence-electron chi connectivity index (χ0n) is 11.7. The Morgan fingerprint density at radius 1 is 1.14 bits per heavy atom. The molecule has 0 bridgehead atoms. The number of methoxy groups -OCH3 is 1. The molecule has 106 valence electrons. The lowest BCUT2D eigenvalue weighted by atomic mass is 10.1. The monoisotopic (exact) mass is 282 g/mol. The number of aryl methyl sites for hydroxylation is 1. The Balaban J connectivity index is 2.20. The fourth-order valence-corrected chi connectivity index (χ4v) is 2.41. The maximum atomic E-state index is 11.2. The molecule has 3 rings (SSSR count). The van der Waals surface area contributed by atoms with Gasteiger partial charge in [-0.05, 0) is 42.8 Å². The lowest BCUT2D eigenvalue weighted by Gasteiger charge is -2.02. The molecular weight excluding hydrogens is 268 g/mol. The fraction of sp³-hybridized carbons (Fsp3) is 0.125. The molecule has 2 aromatic carbocycles. The number of nitrogens with zero attached hydrogens (tertiary/aromatic N) is 1. The predicted octanol–water partition coefficient (Wildman–Crippen LogP) is 4.06. The van der Waals surface area contributed by atoms with Crippen molar-refractivity contribution < 1.29 is 9.66 Å². The van der Waals surface area contributed by atoms with Gasteiger partial charge in [0, 0.05) is 17.0 Å². The van der Waals surface area contributed by atoms with Gasteiger partial charge in [-0.3, -0.25) is 10.1 Å². The van der Waals surface area contributed by atoms with Gasteiger partial charge in [-0.15, -0.1) is 0 Å². The van der Waals surface area contributed by atoms with Crippen molar-refractivity contribution in [2.24, 2.45) is 0 Å². The maximum absolute atomic E-state index is 11.2. The molecule has 0 saturated heterocycles. The Morgan fingerprint density at radius 3 is 2.67 bits per heavy atom. The molecule has 0 radical (unpaired) electrons. The third kappa shape index (κ3) is 2.33. The van der Waals surface area contributed by atoms with E-state index >= 15 is 0 Å². The third-order valence-electron chi connectivity index (χ3n) is 3.47. The van der Waals surface area contributed by atoms with Gasteiger partial charge in [0.25, 0.3) is 5.69 Å². The molecule has 3 aromatic rings. The Bertz CT molecular complexity index is 837. The number of aromatic amines is 1. The van der Waals surface area contributed by atoms with Gasteiger partial charge < -0.3 is 9.72 Å². The Morgan fingerprint density at radius 2 is 1.95 bits per heavy atom. The summed E-state index contributed by atoms with van der Waals surface area (Å²) in [5, 5.41) is 12.2. The van der Waals surface area contributed by atoms with Crippen LogP contribution in [-0.2, 0) is 0 Å². The van der Waals surface area contributed by atoms with E-state index < -0.39 is 0 Å². The number of H-pyrrole nitrogens is 1. The number of fused-ring (bicyclic) bond motifs is 1. The van der Waals surface area contributed by atoms with Crippen molar-refractivity contribution in [1.29, 1.82) is 0 Å². The number of ether oxygens (including phenoxy) is 1. The minimum atomic E-state index is -0.360. The normalized spacial score (nSPS) is 10.8. The molecule has 0 unspecified atom stereocenters. The van der Waals surface area contributed by atoms with Crippen LogP contribution in [0.15, 0.2) is 42.5 Å². The molecule has 1 N–H and O–H groups in total. The number of nitro benzene ring substituents is 1. The van der Waals surface area contributed by atoms with E-state index in [0.29, 0.717) is 5.56 Å². The van der Waals surface area contributed by atoms with Gasteiger partial charge >= 0.3 is 0 Å². The molecule has 0 amide bonds. The molecule has 0 aliphatic rings. The van der Waals surface area contributed by atoms with Crippen molar-refractivity contribution in [3.63, 3.8) is 0 Å². The van der Waals surface area contributed by atoms with Gasteiger partial charge in [-0.1, -0.05) is 6.07 Å². The zero-order valence-corrected chi connectivity index (χ0v) is 11.7. The summed E-state index contributed by atoms with van der Waals surface area (Å²) in [6.45, 7) is 1.92. The summed E-state index contributed by atoms with van der Waals surface area (Å²) in [5.41, 5.74) is 3.32. The molecule has 21 heavy (non-hydrogen) atoms. The van der Waals surface area contributed by atoms with Gasteiger partial charge in [-0.2, -0.15) is 0 Å². The third-order valence-corrected chi connectivity index (χ3v) is 3.47. The maximum Gasteiger partial charge on any atom is 0.278 e. The summed E-state index contributed by atoms with van der Waals surface area (Å²) in [6, 6.07) is 12.7. The number of benzene rings is 2. The first kappa shape index (κ1) is 13.2. The summed E-state index contributed by atoms with van der Waals surface area (Å²) >= 11 is 0. The van der Waals surface area contributed by atoms with E-state index in [9.17, 15) is 10.1 Å². The first-order valence-electron chi connectivity index (χ1n) is 6.50. The van der Waals surface area contributed by atoms with Crippen molar-refractivity contribution in [3.8, 4) is 17.0 Å². The molecule has 1 heterocycles. The lowest BCUT2D eigenvalue weighted by Crippen LogP contribution is -1.92. The van der Waals surface area contributed by atoms with E-state index in [1.54, 1.807) is 13.2 Å². The Hall–Kier alpha value is -2.82. The molecule has 1 aromatic heterocycles. The lowest BCUT2D eigenvalue weighted by molar-refractivity contribution is -0.384. The van der Waals surface area contributed by atoms with Crippen LogP contribution in [0.4, 0.5) is 5.69 Å². The standard InChI is InChI=1S/C16H14N2O3/c1-10-3-6-16(18(19)20)13(7-10)15-9-11-8-12(21-2)4-5-14(11)17-15/h3-9,17H,1-2H3. The fourth-order valence-electron chi connectivity index (χ4n) is 2.41. The molecule has 0 spiro atoms. The van der Waals surface area contributed by atoms with Crippen LogP contribution in [0.1, 0.15) is 5.56 Å². The van der Waals surface area contributed by atoms with Crippen molar-refractivity contribution in [2.75, 3.05) is 7.11 Å². The average Bonchev–Trinajstić information content (AvgIpc) is 2.89. The number of hydrogen-bond acceptors (Lipinski definition) is 3. The molecular formula is C16H14N2O3. The highest BCUT2D eigenvalue weighted by Crippen LogP contribution is 2.33. The van der Waals surface area contributed by atoms with Gasteiger partial charge in [0.15, 0.2) is 0 Å². The second kappa shape index (κ2) is 4.94. The van der Waals surface area contributed by atoms with Crippen LogP contribution in [0, 0.1) is 17.0 Å². The second-order valence-electron chi connectivity index (χ2n) is 4.91. The van der Waals surface area contributed by atoms with Crippen LogP contribution >= 0.6 is 0 Å². The summed E-state index contributed by atoms with van der Waals surface area (Å²) in [5.74, 6) is 0.756. The highest BCUT2D eigenvalue weighted by molar-refractivity contribution is 5.88. The van der Waals surface area contributed by atoms with E-state index in [1.807, 2.05) is 37.3 Å². The van der Waals surface area contributed by atoms with Crippen LogP contribution < -0.4 is 4.74 Å². The van der Waals surface area contributed by atoms with E-state index in [-0.39, 0.29) is 10.6 Å². The number of hydrogen-bond donors (Lipinski definition) is 1. The van der Waals surface area contributed by atoms with Gasteiger partial charge in [0.05, 0.1) is 23.3 Å². The summed E-state index contributed by atoms with van der Waals surface area (Å²) in [7, 11) is 1.61. The minimum Gasteiger partial charge on any atom is -0.497 e. The quantitative estimate of drug-likeness (QED) is 0.581. The number of aromatic nitrogens is 1. The van der Waals surface area contributed by atoms with E-state index in [2.05, 4.69) is 4.98 Å². The van der Waals surface area contributed by atoms with Gasteiger partial charge in [0.2, 0.25) is 0 Å². The van der Waals surface area contributed by atoms with Crippen LogP contribution in [0.25, 0.3) is 22.2 Å². The summed E-state index contributed by atoms with van der Waals surface area (Å²) < 4.78 is 5.20. The number of nitro groups is 1. The predicted molar refractivity (Wildman–Crippen MR) is 81.7 cm³/mol. The topological polar surface area (TPSA) is 68.2 Å². The SMILES string of the molecule is COc1ccc2[nH]c(-c3cc(C)ccc3[N+](=O)[O-])cc2c1. The molecule has 0 atom stereocenters. The smallest absolute Gasteiger partial charge is 0.278 e. The molecule has 5 nitrogen and oxygen atoms in total. The average molecular weight is 282 g/mol. The van der Waals surface area contributed by atoms with Crippen LogP contribution in [0.2, 0.25) is 0 Å². The van der Waals surface area contributed by atoms with Crippen molar-refractivity contribution in [1.82, 2.24) is 4.98 Å². The first-order valence-corrected chi connectivity index (χ1v) is 6.50. The van der Waals surface area contributed by atoms with E-state index in [1.165, 1.54) is 6.07 Å². The second-order valence-corrected chi connectivity index (χ2v) is 4.91. The van der Waals surface area contributed by atoms with E-state index in [4.69, 9.17) is 4.74 Å². The van der Waals surface area contributed by atoms with Crippen LogP contribution in [0.3, 0.4) is 0 Å². The molecule has 0 fully saturated rings. The Labute approximate surface area is 121 Å². The van der Waals surface area contributed by atoms with Crippen LogP contribution in [0.5, 0.6) is 5.75 Å². The van der Waals surface area contributed by atoms with Crippen molar-refractivity contribution in [2.45, 2.75) is 6.92 Å². The first-order chi connectivity index (χ1) is 10.1. The molecule has 0 aliphatic heterocycles. The number of rotatable bonds is 3.